The van der Waals surface area contributed by atoms with E-state index in [1.54, 1.807) is 7.11 Å². The van der Waals surface area contributed by atoms with Gasteiger partial charge >= 0.3 is 0 Å². The van der Waals surface area contributed by atoms with Crippen LogP contribution in [0.4, 0.5) is 0 Å². The molecule has 1 aromatic carbocycles. The van der Waals surface area contributed by atoms with Gasteiger partial charge in [0.25, 0.3) is 0 Å². The molecule has 6 rings (SSSR count). The Labute approximate surface area is 161 Å². The lowest BCUT2D eigenvalue weighted by Crippen LogP contribution is -2.49. The van der Waals surface area contributed by atoms with Crippen LogP contribution < -0.4 is 4.74 Å². The van der Waals surface area contributed by atoms with Crippen LogP contribution >= 0.6 is 0 Å². The summed E-state index contributed by atoms with van der Waals surface area (Å²) >= 11 is 0. The van der Waals surface area contributed by atoms with Gasteiger partial charge < -0.3 is 14.4 Å². The second-order valence-electron chi connectivity index (χ2n) is 9.45. The maximum absolute atomic E-state index is 13.2. The van der Waals surface area contributed by atoms with Crippen molar-refractivity contribution in [3.8, 4) is 5.75 Å². The smallest absolute Gasteiger partial charge is 0.226 e. The molecule has 1 saturated heterocycles. The lowest BCUT2D eigenvalue weighted by Gasteiger charge is -2.45. The average Bonchev–Trinajstić information content (AvgIpc) is 3.14. The first-order valence-corrected chi connectivity index (χ1v) is 10.8. The van der Waals surface area contributed by atoms with E-state index >= 15 is 0 Å². The molecule has 0 aromatic heterocycles. The van der Waals surface area contributed by atoms with Gasteiger partial charge in [0, 0.05) is 19.0 Å². The van der Waals surface area contributed by atoms with E-state index in [2.05, 4.69) is 17.0 Å². The van der Waals surface area contributed by atoms with Gasteiger partial charge in [-0.05, 0) is 85.5 Å². The first-order chi connectivity index (χ1) is 13.2. The number of carbonyl (C=O) groups is 1. The van der Waals surface area contributed by atoms with Crippen LogP contribution in [-0.2, 0) is 21.6 Å². The molecule has 3 aliphatic carbocycles. The fourth-order valence-corrected chi connectivity index (χ4v) is 7.15. The second kappa shape index (κ2) is 5.73. The molecule has 0 N–H and O–H groups in total. The zero-order chi connectivity index (χ0) is 18.2. The fraction of sp³-hybridized carbons (Fsp3) is 0.696. The van der Waals surface area contributed by atoms with Gasteiger partial charge in [0.15, 0.2) is 0 Å². The van der Waals surface area contributed by atoms with Crippen molar-refractivity contribution in [1.29, 1.82) is 0 Å². The Morgan fingerprint density at radius 3 is 2.63 bits per heavy atom. The summed E-state index contributed by atoms with van der Waals surface area (Å²) in [6, 6.07) is 6.40. The SMILES string of the molecule is COc1ccc2c(c1)CCOC21CCN(C(=O)C2[C@@H]3[C@H]4CC[C@H](C4)[C@H]23)CC1. The van der Waals surface area contributed by atoms with E-state index in [9.17, 15) is 4.79 Å². The van der Waals surface area contributed by atoms with Crippen LogP contribution in [0, 0.1) is 29.6 Å². The Kier molecular flexibility index (Phi) is 3.48. The minimum atomic E-state index is -0.199. The van der Waals surface area contributed by atoms with Crippen LogP contribution in [0.1, 0.15) is 43.2 Å². The molecule has 4 nitrogen and oxygen atoms in total. The van der Waals surface area contributed by atoms with Crippen molar-refractivity contribution in [2.24, 2.45) is 29.6 Å². The largest absolute Gasteiger partial charge is 0.497 e. The minimum Gasteiger partial charge on any atom is -0.497 e. The zero-order valence-electron chi connectivity index (χ0n) is 16.2. The van der Waals surface area contributed by atoms with Crippen LogP contribution in [0.3, 0.4) is 0 Å². The lowest BCUT2D eigenvalue weighted by atomic mass is 9.79. The van der Waals surface area contributed by atoms with E-state index in [0.717, 1.165) is 68.4 Å². The second-order valence-corrected chi connectivity index (χ2v) is 9.45. The third-order valence-corrected chi connectivity index (χ3v) is 8.46. The Hall–Kier alpha value is -1.55. The summed E-state index contributed by atoms with van der Waals surface area (Å²) < 4.78 is 11.8. The number of fused-ring (bicyclic) bond motifs is 7. The van der Waals surface area contributed by atoms with E-state index < -0.39 is 0 Å². The normalized spacial score (nSPS) is 37.8. The number of hydrogen-bond acceptors (Lipinski definition) is 3. The van der Waals surface area contributed by atoms with E-state index in [1.165, 1.54) is 30.4 Å². The van der Waals surface area contributed by atoms with Crippen LogP contribution in [0.2, 0.25) is 0 Å². The predicted octanol–water partition coefficient (Wildman–Crippen LogP) is 3.38. The first kappa shape index (κ1) is 16.4. The van der Waals surface area contributed by atoms with Gasteiger partial charge in [-0.3, -0.25) is 4.79 Å². The van der Waals surface area contributed by atoms with Crippen LogP contribution in [0.25, 0.3) is 0 Å². The highest BCUT2D eigenvalue weighted by Crippen LogP contribution is 2.69. The molecule has 5 atom stereocenters. The molecule has 3 saturated carbocycles. The first-order valence-electron chi connectivity index (χ1n) is 10.8. The lowest BCUT2D eigenvalue weighted by molar-refractivity contribution is -0.143. The average molecular weight is 367 g/mol. The number of piperidine rings is 1. The molecular weight excluding hydrogens is 338 g/mol. The Morgan fingerprint density at radius 2 is 1.93 bits per heavy atom. The van der Waals surface area contributed by atoms with E-state index in [0.29, 0.717) is 11.8 Å². The Bertz CT molecular complexity index is 766. The van der Waals surface area contributed by atoms with Gasteiger partial charge in [-0.15, -0.1) is 0 Å². The highest BCUT2D eigenvalue weighted by atomic mass is 16.5. The molecule has 5 aliphatic rings. The van der Waals surface area contributed by atoms with Crippen LogP contribution in [-0.4, -0.2) is 37.6 Å². The third-order valence-electron chi connectivity index (χ3n) is 8.46. The number of nitrogens with zero attached hydrogens (tertiary/aromatic N) is 1. The maximum atomic E-state index is 13.2. The number of carbonyl (C=O) groups excluding carboxylic acids is 1. The number of ether oxygens (including phenoxy) is 2. The van der Waals surface area contributed by atoms with Crippen molar-refractivity contribution in [3.63, 3.8) is 0 Å². The van der Waals surface area contributed by atoms with Crippen LogP contribution in [0.5, 0.6) is 5.75 Å². The predicted molar refractivity (Wildman–Crippen MR) is 101 cm³/mol. The molecule has 1 spiro atoms. The number of methoxy groups -OCH3 is 1. The van der Waals surface area contributed by atoms with Gasteiger partial charge in [-0.2, -0.15) is 0 Å². The third kappa shape index (κ3) is 2.28. The number of rotatable bonds is 2. The molecule has 1 amide bonds. The van der Waals surface area contributed by atoms with Gasteiger partial charge in [0.1, 0.15) is 5.75 Å². The molecule has 1 aromatic rings. The molecule has 2 bridgehead atoms. The van der Waals surface area contributed by atoms with E-state index in [-0.39, 0.29) is 5.60 Å². The van der Waals surface area contributed by atoms with Crippen molar-refractivity contribution in [1.82, 2.24) is 4.90 Å². The molecule has 1 unspecified atom stereocenters. The quantitative estimate of drug-likeness (QED) is 0.804. The van der Waals surface area contributed by atoms with E-state index in [4.69, 9.17) is 9.47 Å². The van der Waals surface area contributed by atoms with Crippen molar-refractivity contribution >= 4 is 5.91 Å². The fourth-order valence-electron chi connectivity index (χ4n) is 7.15. The van der Waals surface area contributed by atoms with Crippen molar-refractivity contribution in [3.05, 3.63) is 29.3 Å². The number of hydrogen-bond donors (Lipinski definition) is 0. The Morgan fingerprint density at radius 1 is 1.19 bits per heavy atom. The summed E-state index contributed by atoms with van der Waals surface area (Å²) in [5.41, 5.74) is 2.48. The molecule has 144 valence electrons. The van der Waals surface area contributed by atoms with Crippen molar-refractivity contribution in [2.45, 2.75) is 44.1 Å². The van der Waals surface area contributed by atoms with Crippen LogP contribution in [0.15, 0.2) is 18.2 Å². The number of amides is 1. The standard InChI is InChI=1S/C23H29NO3/c1-26-17-4-5-18-14(13-17)6-11-27-23(18)7-9-24(10-8-23)22(25)21-19-15-2-3-16(12-15)20(19)21/h4-5,13,15-16,19-21H,2-3,6-12H2,1H3/t15-,16+,19+,20-,21?. The number of benzene rings is 1. The molecule has 0 radical (unpaired) electrons. The van der Waals surface area contributed by atoms with E-state index in [1.807, 2.05) is 6.07 Å². The Balaban J connectivity index is 1.17. The van der Waals surface area contributed by atoms with Gasteiger partial charge in [0.05, 0.1) is 19.3 Å². The highest BCUT2D eigenvalue weighted by Gasteiger charge is 2.68. The number of likely N-dealkylation sites (tertiary alicyclic amines) is 1. The maximum Gasteiger partial charge on any atom is 0.226 e. The van der Waals surface area contributed by atoms with Gasteiger partial charge in [-0.25, -0.2) is 0 Å². The summed E-state index contributed by atoms with van der Waals surface area (Å²) in [6.07, 6.45) is 6.97. The summed E-state index contributed by atoms with van der Waals surface area (Å²) in [7, 11) is 1.72. The molecular formula is C23H29NO3. The summed E-state index contributed by atoms with van der Waals surface area (Å²) in [4.78, 5) is 15.3. The molecule has 27 heavy (non-hydrogen) atoms. The minimum absolute atomic E-state index is 0.199. The summed E-state index contributed by atoms with van der Waals surface area (Å²) in [5.74, 6) is 4.98. The molecule has 4 fully saturated rings. The zero-order valence-corrected chi connectivity index (χ0v) is 16.2. The monoisotopic (exact) mass is 367 g/mol. The molecule has 4 heteroatoms. The molecule has 2 aliphatic heterocycles. The highest BCUT2D eigenvalue weighted by molar-refractivity contribution is 5.83. The van der Waals surface area contributed by atoms with Crippen molar-refractivity contribution in [2.75, 3.05) is 26.8 Å². The van der Waals surface area contributed by atoms with Crippen molar-refractivity contribution < 1.29 is 14.3 Å². The van der Waals surface area contributed by atoms with Gasteiger partial charge in [0.2, 0.25) is 5.91 Å². The summed E-state index contributed by atoms with van der Waals surface area (Å²) in [6.45, 7) is 2.45. The summed E-state index contributed by atoms with van der Waals surface area (Å²) in [5, 5.41) is 0. The van der Waals surface area contributed by atoms with Gasteiger partial charge in [-0.1, -0.05) is 6.07 Å². The molecule has 2 heterocycles. The topological polar surface area (TPSA) is 38.8 Å².